The first-order valence-corrected chi connectivity index (χ1v) is 11.6. The lowest BCUT2D eigenvalue weighted by Gasteiger charge is -2.31. The van der Waals surface area contributed by atoms with Crippen LogP contribution in [0.25, 0.3) is 0 Å². The second-order valence-electron chi connectivity index (χ2n) is 6.95. The molecule has 1 N–H and O–H groups in total. The minimum Gasteiger partial charge on any atom is -0.495 e. The number of ether oxygens (including phenoxy) is 2. The topological polar surface area (TPSA) is 97.3 Å². The van der Waals surface area contributed by atoms with E-state index in [0.717, 1.165) is 0 Å². The summed E-state index contributed by atoms with van der Waals surface area (Å²) in [5.41, 5.74) is 1.45. The normalized spacial score (nSPS) is 17.1. The lowest BCUT2D eigenvalue weighted by atomic mass is 10.2. The molecule has 8 nitrogen and oxygen atoms in total. The first-order valence-electron chi connectivity index (χ1n) is 10.3. The van der Waals surface area contributed by atoms with Gasteiger partial charge in [0, 0.05) is 18.7 Å². The van der Waals surface area contributed by atoms with Crippen LogP contribution in [0.1, 0.15) is 30.6 Å². The third-order valence-corrected chi connectivity index (χ3v) is 6.26. The van der Waals surface area contributed by atoms with Gasteiger partial charge in [0.1, 0.15) is 11.0 Å². The molecular weight excluding hydrogens is 466 g/mol. The van der Waals surface area contributed by atoms with Gasteiger partial charge in [-0.15, -0.1) is 0 Å². The van der Waals surface area contributed by atoms with Crippen molar-refractivity contribution in [1.29, 1.82) is 0 Å². The van der Waals surface area contributed by atoms with Crippen LogP contribution < -0.4 is 10.1 Å². The SMILES string of the molecule is CCOC(=O)c1ccc(NC(=O)C2CC(=O)N(CC)C(=Nc3ccc(OC)c(Cl)c3)S2)cc1. The van der Waals surface area contributed by atoms with Gasteiger partial charge in [-0.25, -0.2) is 9.79 Å². The van der Waals surface area contributed by atoms with E-state index < -0.39 is 11.2 Å². The van der Waals surface area contributed by atoms with Crippen molar-refractivity contribution in [2.24, 2.45) is 4.99 Å². The summed E-state index contributed by atoms with van der Waals surface area (Å²) in [6.45, 7) is 4.29. The van der Waals surface area contributed by atoms with Crippen molar-refractivity contribution in [3.05, 3.63) is 53.1 Å². The molecule has 0 aromatic heterocycles. The van der Waals surface area contributed by atoms with E-state index in [4.69, 9.17) is 21.1 Å². The van der Waals surface area contributed by atoms with Gasteiger partial charge in [0.05, 0.1) is 30.0 Å². The number of nitrogens with one attached hydrogen (secondary N) is 1. The van der Waals surface area contributed by atoms with Crippen LogP contribution in [0, 0.1) is 0 Å². The molecule has 0 radical (unpaired) electrons. The van der Waals surface area contributed by atoms with Crippen molar-refractivity contribution in [3.63, 3.8) is 0 Å². The number of hydrogen-bond donors (Lipinski definition) is 1. The van der Waals surface area contributed by atoms with Crippen LogP contribution in [0.2, 0.25) is 5.02 Å². The summed E-state index contributed by atoms with van der Waals surface area (Å²) >= 11 is 7.40. The molecule has 174 valence electrons. The van der Waals surface area contributed by atoms with Crippen molar-refractivity contribution < 1.29 is 23.9 Å². The molecule has 10 heteroatoms. The number of carbonyl (C=O) groups is 3. The van der Waals surface area contributed by atoms with E-state index in [-0.39, 0.29) is 24.8 Å². The number of aliphatic imine (C=N–C) groups is 1. The number of hydrogen-bond acceptors (Lipinski definition) is 7. The first-order chi connectivity index (χ1) is 15.9. The minimum atomic E-state index is -0.655. The van der Waals surface area contributed by atoms with E-state index in [9.17, 15) is 14.4 Å². The Hall–Kier alpha value is -3.04. The van der Waals surface area contributed by atoms with Gasteiger partial charge in [0.15, 0.2) is 5.17 Å². The number of benzene rings is 2. The van der Waals surface area contributed by atoms with Gasteiger partial charge in [-0.1, -0.05) is 23.4 Å². The summed E-state index contributed by atoms with van der Waals surface area (Å²) in [5, 5.41) is 2.96. The molecule has 0 aliphatic carbocycles. The standard InChI is InChI=1S/C23H24ClN3O5S/c1-4-27-20(28)13-19(33-23(27)26-16-10-11-18(31-3)17(24)12-16)21(29)25-15-8-6-14(7-9-15)22(30)32-5-2/h6-12,19H,4-5,13H2,1-3H3,(H,25,29). The molecule has 1 aliphatic heterocycles. The number of anilines is 1. The lowest BCUT2D eigenvalue weighted by molar-refractivity contribution is -0.129. The van der Waals surface area contributed by atoms with Crippen molar-refractivity contribution in [2.75, 3.05) is 25.6 Å². The number of halogens is 1. The summed E-state index contributed by atoms with van der Waals surface area (Å²) in [4.78, 5) is 43.5. The van der Waals surface area contributed by atoms with E-state index in [1.807, 2.05) is 6.92 Å². The maximum atomic E-state index is 12.9. The second-order valence-corrected chi connectivity index (χ2v) is 8.53. The molecule has 0 spiro atoms. The van der Waals surface area contributed by atoms with Crippen molar-refractivity contribution in [3.8, 4) is 5.75 Å². The fraction of sp³-hybridized carbons (Fsp3) is 0.304. The van der Waals surface area contributed by atoms with Crippen LogP contribution in [-0.4, -0.2) is 53.4 Å². The predicted molar refractivity (Wildman–Crippen MR) is 130 cm³/mol. The summed E-state index contributed by atoms with van der Waals surface area (Å²) in [6, 6.07) is 11.4. The molecule has 1 heterocycles. The lowest BCUT2D eigenvalue weighted by Crippen LogP contribution is -2.45. The number of nitrogens with zero attached hydrogens (tertiary/aromatic N) is 2. The molecule has 2 aromatic carbocycles. The summed E-state index contributed by atoms with van der Waals surface area (Å²) in [7, 11) is 1.52. The molecule has 33 heavy (non-hydrogen) atoms. The highest BCUT2D eigenvalue weighted by Gasteiger charge is 2.35. The molecule has 2 aromatic rings. The average molecular weight is 490 g/mol. The Labute approximate surface area is 201 Å². The zero-order chi connectivity index (χ0) is 24.0. The van der Waals surface area contributed by atoms with Crippen molar-refractivity contribution >= 4 is 57.7 Å². The molecule has 1 unspecified atom stereocenters. The Kier molecular flexibility index (Phi) is 8.35. The third kappa shape index (κ3) is 6.06. The van der Waals surface area contributed by atoms with E-state index in [0.29, 0.717) is 39.4 Å². The molecule has 1 fully saturated rings. The number of esters is 1. The third-order valence-electron chi connectivity index (χ3n) is 4.77. The van der Waals surface area contributed by atoms with Crippen LogP contribution >= 0.6 is 23.4 Å². The van der Waals surface area contributed by atoms with Gasteiger partial charge < -0.3 is 14.8 Å². The average Bonchev–Trinajstić information content (AvgIpc) is 2.79. The highest BCUT2D eigenvalue weighted by Crippen LogP contribution is 2.33. The number of methoxy groups -OCH3 is 1. The smallest absolute Gasteiger partial charge is 0.338 e. The van der Waals surface area contributed by atoms with Gasteiger partial charge in [0.25, 0.3) is 0 Å². The molecule has 2 amide bonds. The first kappa shape index (κ1) is 24.6. The molecule has 1 atom stereocenters. The van der Waals surface area contributed by atoms with Crippen molar-refractivity contribution in [2.45, 2.75) is 25.5 Å². The zero-order valence-electron chi connectivity index (χ0n) is 18.5. The van der Waals surface area contributed by atoms with Crippen LogP contribution in [0.5, 0.6) is 5.75 Å². The molecule has 1 saturated heterocycles. The van der Waals surface area contributed by atoms with Gasteiger partial charge in [-0.05, 0) is 56.3 Å². The van der Waals surface area contributed by atoms with Crippen LogP contribution in [0.4, 0.5) is 11.4 Å². The van der Waals surface area contributed by atoms with E-state index >= 15 is 0 Å². The van der Waals surface area contributed by atoms with Gasteiger partial charge in [-0.3, -0.25) is 14.5 Å². The van der Waals surface area contributed by atoms with Crippen LogP contribution in [-0.2, 0) is 14.3 Å². The highest BCUT2D eigenvalue weighted by atomic mass is 35.5. The molecule has 0 saturated carbocycles. The Balaban J connectivity index is 1.75. The molecule has 3 rings (SSSR count). The van der Waals surface area contributed by atoms with E-state index in [1.165, 1.54) is 18.9 Å². The Bertz CT molecular complexity index is 1070. The number of rotatable bonds is 7. The Morgan fingerprint density at radius 2 is 1.94 bits per heavy atom. The summed E-state index contributed by atoms with van der Waals surface area (Å²) < 4.78 is 10.1. The molecule has 0 bridgehead atoms. The zero-order valence-corrected chi connectivity index (χ0v) is 20.0. The number of carbonyl (C=O) groups excluding carboxylic acids is 3. The highest BCUT2D eigenvalue weighted by molar-refractivity contribution is 8.15. The number of amides is 2. The maximum absolute atomic E-state index is 12.9. The molecule has 1 aliphatic rings. The molecular formula is C23H24ClN3O5S. The van der Waals surface area contributed by atoms with E-state index in [1.54, 1.807) is 54.3 Å². The Morgan fingerprint density at radius 1 is 1.21 bits per heavy atom. The Morgan fingerprint density at radius 3 is 2.55 bits per heavy atom. The van der Waals surface area contributed by atoms with Gasteiger partial charge >= 0.3 is 5.97 Å². The fourth-order valence-electron chi connectivity index (χ4n) is 3.11. The number of amidine groups is 1. The summed E-state index contributed by atoms with van der Waals surface area (Å²) in [5.74, 6) is -0.421. The van der Waals surface area contributed by atoms with E-state index in [2.05, 4.69) is 10.3 Å². The summed E-state index contributed by atoms with van der Waals surface area (Å²) in [6.07, 6.45) is 0.0492. The quantitative estimate of drug-likeness (QED) is 0.575. The van der Waals surface area contributed by atoms with Crippen LogP contribution in [0.3, 0.4) is 0 Å². The number of thioether (sulfide) groups is 1. The maximum Gasteiger partial charge on any atom is 0.338 e. The minimum absolute atomic E-state index is 0.0492. The van der Waals surface area contributed by atoms with Gasteiger partial charge in [0.2, 0.25) is 11.8 Å². The van der Waals surface area contributed by atoms with Crippen LogP contribution in [0.15, 0.2) is 47.5 Å². The van der Waals surface area contributed by atoms with Gasteiger partial charge in [-0.2, -0.15) is 0 Å². The fourth-order valence-corrected chi connectivity index (χ4v) is 4.53. The second kappa shape index (κ2) is 11.2. The monoisotopic (exact) mass is 489 g/mol. The largest absolute Gasteiger partial charge is 0.495 e. The predicted octanol–water partition coefficient (Wildman–Crippen LogP) is 4.51. The van der Waals surface area contributed by atoms with Crippen molar-refractivity contribution in [1.82, 2.24) is 4.90 Å².